The first kappa shape index (κ1) is 17.0. The molecule has 0 radical (unpaired) electrons. The Labute approximate surface area is 150 Å². The molecule has 24 heavy (non-hydrogen) atoms. The van der Waals surface area contributed by atoms with E-state index in [9.17, 15) is 4.79 Å². The third kappa shape index (κ3) is 3.99. The van der Waals surface area contributed by atoms with Crippen LogP contribution in [0.3, 0.4) is 0 Å². The van der Waals surface area contributed by atoms with Crippen LogP contribution in [0.15, 0.2) is 24.4 Å². The number of hydrogen-bond acceptors (Lipinski definition) is 5. The Balaban J connectivity index is 1.85. The number of piperidine rings is 1. The Bertz CT molecular complexity index is 733. The lowest BCUT2D eigenvalue weighted by Crippen LogP contribution is -2.34. The van der Waals surface area contributed by atoms with Crippen LogP contribution in [0.2, 0.25) is 4.47 Å². The van der Waals surface area contributed by atoms with Gasteiger partial charge in [-0.2, -0.15) is 0 Å². The van der Waals surface area contributed by atoms with Crippen molar-refractivity contribution >= 4 is 40.2 Å². The number of nitrogens with one attached hydrogen (secondary N) is 1. The van der Waals surface area contributed by atoms with Crippen molar-refractivity contribution in [1.29, 1.82) is 0 Å². The van der Waals surface area contributed by atoms with Crippen molar-refractivity contribution in [3.63, 3.8) is 0 Å². The molecule has 2 aromatic rings. The molecule has 1 aromatic heterocycles. The Morgan fingerprint density at radius 2 is 2.38 bits per heavy atom. The van der Waals surface area contributed by atoms with E-state index >= 15 is 0 Å². The monoisotopic (exact) mass is 364 g/mol. The highest BCUT2D eigenvalue weighted by atomic mass is 35.5. The van der Waals surface area contributed by atoms with Crippen molar-refractivity contribution in [2.45, 2.75) is 26.3 Å². The largest absolute Gasteiger partial charge is 0.378 e. The van der Waals surface area contributed by atoms with E-state index in [1.807, 2.05) is 12.1 Å². The van der Waals surface area contributed by atoms with Gasteiger partial charge in [-0.1, -0.05) is 18.5 Å². The van der Waals surface area contributed by atoms with Gasteiger partial charge in [-0.25, -0.2) is 4.98 Å². The number of rotatable bonds is 5. The lowest BCUT2D eigenvalue weighted by molar-refractivity contribution is 0.100. The summed E-state index contributed by atoms with van der Waals surface area (Å²) < 4.78 is 0.530. The van der Waals surface area contributed by atoms with E-state index in [1.165, 1.54) is 24.2 Å². The first-order chi connectivity index (χ1) is 11.5. The molecule has 7 heteroatoms. The summed E-state index contributed by atoms with van der Waals surface area (Å²) in [5.41, 5.74) is 7.98. The number of aromatic nitrogens is 1. The number of halogens is 1. The lowest BCUT2D eigenvalue weighted by Gasteiger charge is -2.34. The van der Waals surface area contributed by atoms with Crippen molar-refractivity contribution in [1.82, 2.24) is 4.98 Å². The molecule has 3 N–H and O–H groups in total. The molecular weight excluding hydrogens is 344 g/mol. The molecule has 0 saturated carbocycles. The molecule has 0 bridgehead atoms. The molecule has 2 heterocycles. The minimum atomic E-state index is -0.419. The van der Waals surface area contributed by atoms with Crippen LogP contribution >= 0.6 is 22.9 Å². The van der Waals surface area contributed by atoms with Gasteiger partial charge in [0.1, 0.15) is 0 Å². The fourth-order valence-corrected chi connectivity index (χ4v) is 3.98. The topological polar surface area (TPSA) is 71.2 Å². The molecule has 1 saturated heterocycles. The zero-order chi connectivity index (χ0) is 17.1. The van der Waals surface area contributed by atoms with Crippen LogP contribution in [-0.4, -0.2) is 24.0 Å². The summed E-state index contributed by atoms with van der Waals surface area (Å²) in [6.45, 7) is 4.94. The van der Waals surface area contributed by atoms with E-state index in [2.05, 4.69) is 22.1 Å². The highest BCUT2D eigenvalue weighted by Gasteiger charge is 2.20. The van der Waals surface area contributed by atoms with Crippen molar-refractivity contribution < 1.29 is 4.79 Å². The summed E-state index contributed by atoms with van der Waals surface area (Å²) in [5, 5.41) is 3.41. The van der Waals surface area contributed by atoms with Gasteiger partial charge in [0, 0.05) is 29.7 Å². The molecule has 1 fully saturated rings. The second-order valence-electron chi connectivity index (χ2n) is 6.22. The van der Waals surface area contributed by atoms with E-state index in [-0.39, 0.29) is 0 Å². The van der Waals surface area contributed by atoms with Gasteiger partial charge in [0.15, 0.2) is 4.47 Å². The minimum Gasteiger partial charge on any atom is -0.378 e. The van der Waals surface area contributed by atoms with Crippen molar-refractivity contribution in [2.75, 3.05) is 23.3 Å². The number of anilines is 2. The van der Waals surface area contributed by atoms with Gasteiger partial charge < -0.3 is 16.0 Å². The number of carbonyl (C=O) groups is 1. The first-order valence-corrected chi connectivity index (χ1v) is 9.25. The predicted molar refractivity (Wildman–Crippen MR) is 100 cm³/mol. The van der Waals surface area contributed by atoms with Gasteiger partial charge in [0.2, 0.25) is 5.91 Å². The molecule has 1 unspecified atom stereocenters. The number of hydrogen-bond donors (Lipinski definition) is 2. The highest BCUT2D eigenvalue weighted by Crippen LogP contribution is 2.31. The van der Waals surface area contributed by atoms with Crippen molar-refractivity contribution in [2.24, 2.45) is 11.7 Å². The molecule has 1 aliphatic rings. The van der Waals surface area contributed by atoms with E-state index in [0.29, 0.717) is 22.5 Å². The molecule has 1 aromatic carbocycles. The average molecular weight is 365 g/mol. The van der Waals surface area contributed by atoms with Gasteiger partial charge in [-0.3, -0.25) is 4.79 Å². The number of thiazole rings is 1. The fourth-order valence-electron chi connectivity index (χ4n) is 3.06. The second kappa shape index (κ2) is 7.40. The Hall–Kier alpha value is -1.79. The third-order valence-corrected chi connectivity index (χ3v) is 5.37. The molecule has 128 valence electrons. The van der Waals surface area contributed by atoms with Crippen LogP contribution in [0.25, 0.3) is 0 Å². The number of carbonyl (C=O) groups excluding carboxylic acids is 1. The standard InChI is InChI=1S/C17H21ClN4OS/c1-11-3-2-6-22(10-11)15-5-4-12(16(19)23)7-14(15)20-8-13-9-21-17(18)24-13/h4-5,7,9,11,20H,2-3,6,8,10H2,1H3,(H2,19,23). The van der Waals surface area contributed by atoms with Crippen LogP contribution < -0.4 is 16.0 Å². The average Bonchev–Trinajstić information content (AvgIpc) is 2.98. The summed E-state index contributed by atoms with van der Waals surface area (Å²) in [7, 11) is 0. The van der Waals surface area contributed by atoms with Crippen LogP contribution in [0, 0.1) is 5.92 Å². The van der Waals surface area contributed by atoms with E-state index in [4.69, 9.17) is 17.3 Å². The van der Waals surface area contributed by atoms with Gasteiger partial charge in [0.05, 0.1) is 17.9 Å². The van der Waals surface area contributed by atoms with Gasteiger partial charge in [-0.15, -0.1) is 11.3 Å². The Kier molecular flexibility index (Phi) is 5.26. The number of nitrogens with zero attached hydrogens (tertiary/aromatic N) is 2. The molecule has 0 aliphatic carbocycles. The van der Waals surface area contributed by atoms with Gasteiger partial charge in [0.25, 0.3) is 0 Å². The maximum absolute atomic E-state index is 11.5. The number of nitrogens with two attached hydrogens (primary N) is 1. The number of amides is 1. The van der Waals surface area contributed by atoms with E-state index < -0.39 is 5.91 Å². The SMILES string of the molecule is CC1CCCN(c2ccc(C(N)=O)cc2NCc2cnc(Cl)s2)C1. The zero-order valence-corrected chi connectivity index (χ0v) is 15.2. The van der Waals surface area contributed by atoms with Crippen LogP contribution in [0.4, 0.5) is 11.4 Å². The summed E-state index contributed by atoms with van der Waals surface area (Å²) >= 11 is 7.33. The molecule has 5 nitrogen and oxygen atoms in total. The van der Waals surface area contributed by atoms with Crippen LogP contribution in [-0.2, 0) is 6.54 Å². The highest BCUT2D eigenvalue weighted by molar-refractivity contribution is 7.15. The Morgan fingerprint density at radius 1 is 1.54 bits per heavy atom. The zero-order valence-electron chi connectivity index (χ0n) is 13.6. The fraction of sp³-hybridized carbons (Fsp3) is 0.412. The summed E-state index contributed by atoms with van der Waals surface area (Å²) in [6.07, 6.45) is 4.21. The number of primary amides is 1. The molecule has 1 atom stereocenters. The summed E-state index contributed by atoms with van der Waals surface area (Å²) in [5.74, 6) is 0.250. The van der Waals surface area contributed by atoms with E-state index in [1.54, 1.807) is 12.3 Å². The van der Waals surface area contributed by atoms with Gasteiger partial charge in [-0.05, 0) is 37.0 Å². The van der Waals surface area contributed by atoms with E-state index in [0.717, 1.165) is 29.3 Å². The summed E-state index contributed by atoms with van der Waals surface area (Å²) in [4.78, 5) is 19.0. The summed E-state index contributed by atoms with van der Waals surface area (Å²) in [6, 6.07) is 5.62. The van der Waals surface area contributed by atoms with Crippen LogP contribution in [0.1, 0.15) is 35.0 Å². The predicted octanol–water partition coefficient (Wildman–Crippen LogP) is 3.74. The first-order valence-electron chi connectivity index (χ1n) is 8.06. The van der Waals surface area contributed by atoms with Crippen molar-refractivity contribution in [3.8, 4) is 0 Å². The second-order valence-corrected chi connectivity index (χ2v) is 7.92. The minimum absolute atomic E-state index is 0.419. The quantitative estimate of drug-likeness (QED) is 0.847. The molecule has 1 aliphatic heterocycles. The Morgan fingerprint density at radius 3 is 3.04 bits per heavy atom. The molecule has 1 amide bonds. The number of benzene rings is 1. The molecule has 3 rings (SSSR count). The molecule has 0 spiro atoms. The van der Waals surface area contributed by atoms with Crippen LogP contribution in [0.5, 0.6) is 0 Å². The van der Waals surface area contributed by atoms with Gasteiger partial charge >= 0.3 is 0 Å². The van der Waals surface area contributed by atoms with Crippen molar-refractivity contribution in [3.05, 3.63) is 39.3 Å². The normalized spacial score (nSPS) is 17.8. The lowest BCUT2D eigenvalue weighted by atomic mass is 9.99. The maximum atomic E-state index is 11.5. The smallest absolute Gasteiger partial charge is 0.248 e. The molecular formula is C17H21ClN4OS. The third-order valence-electron chi connectivity index (χ3n) is 4.26. The maximum Gasteiger partial charge on any atom is 0.248 e.